The number of amides is 2. The fourth-order valence-electron chi connectivity index (χ4n) is 5.00. The van der Waals surface area contributed by atoms with Crippen LogP contribution in [0.1, 0.15) is 40.0 Å². The van der Waals surface area contributed by atoms with E-state index in [9.17, 15) is 27.9 Å². The van der Waals surface area contributed by atoms with Gasteiger partial charge in [-0.1, -0.05) is 12.1 Å². The number of phenolic OH excluding ortho intramolecular Hbond substituents is 1. The largest absolute Gasteiger partial charge is 0.507 e. The molecule has 0 aliphatic heterocycles. The number of anilines is 2. The average molecular weight is 598 g/mol. The van der Waals surface area contributed by atoms with Gasteiger partial charge in [0.2, 0.25) is 11.9 Å². The first-order valence-corrected chi connectivity index (χ1v) is 13.8. The third-order valence-electron chi connectivity index (χ3n) is 7.45. The molecule has 2 heterocycles. The molecule has 0 bridgehead atoms. The van der Waals surface area contributed by atoms with Crippen LogP contribution in [0.5, 0.6) is 5.75 Å². The molecule has 3 aromatic carbocycles. The predicted molar refractivity (Wildman–Crippen MR) is 160 cm³/mol. The van der Waals surface area contributed by atoms with E-state index in [1.54, 1.807) is 48.8 Å². The summed E-state index contributed by atoms with van der Waals surface area (Å²) < 4.78 is 39.6. The first kappa shape index (κ1) is 28.8. The van der Waals surface area contributed by atoms with Gasteiger partial charge in [-0.3, -0.25) is 19.9 Å². The molecule has 5 aromatic rings. The third kappa shape index (κ3) is 5.81. The molecule has 1 aliphatic carbocycles. The zero-order chi connectivity index (χ0) is 31.2. The third-order valence-corrected chi connectivity index (χ3v) is 7.45. The van der Waals surface area contributed by atoms with E-state index in [1.165, 1.54) is 12.1 Å². The van der Waals surface area contributed by atoms with Crippen LogP contribution in [0.3, 0.4) is 0 Å². The first-order chi connectivity index (χ1) is 21.0. The predicted octanol–water partition coefficient (Wildman–Crippen LogP) is 7.30. The number of hydrogen-bond acceptors (Lipinski definition) is 6. The molecule has 0 saturated heterocycles. The van der Waals surface area contributed by atoms with E-state index in [2.05, 4.69) is 25.6 Å². The van der Waals surface area contributed by atoms with Crippen LogP contribution >= 0.6 is 0 Å². The Morgan fingerprint density at radius 3 is 2.45 bits per heavy atom. The number of nitrogens with zero attached hydrogens (tertiary/aromatic N) is 3. The molecule has 8 nitrogen and oxygen atoms in total. The smallest absolute Gasteiger partial charge is 0.416 e. The Bertz CT molecular complexity index is 1950. The maximum absolute atomic E-state index is 13.2. The van der Waals surface area contributed by atoms with Gasteiger partial charge in [-0.2, -0.15) is 13.2 Å². The minimum atomic E-state index is -4.55. The highest BCUT2D eigenvalue weighted by Gasteiger charge is 2.31. The van der Waals surface area contributed by atoms with Gasteiger partial charge in [-0.25, -0.2) is 9.97 Å². The second-order valence-corrected chi connectivity index (χ2v) is 10.8. The summed E-state index contributed by atoms with van der Waals surface area (Å²) in [6.45, 7) is 3.64. The number of rotatable bonds is 6. The highest BCUT2D eigenvalue weighted by molar-refractivity contribution is 6.07. The van der Waals surface area contributed by atoms with Gasteiger partial charge in [0.25, 0.3) is 5.91 Å². The molecule has 0 radical (unpaired) electrons. The van der Waals surface area contributed by atoms with Crippen LogP contribution in [-0.2, 0) is 11.0 Å². The first-order valence-electron chi connectivity index (χ1n) is 13.8. The maximum Gasteiger partial charge on any atom is 0.416 e. The Morgan fingerprint density at radius 2 is 1.73 bits per heavy atom. The van der Waals surface area contributed by atoms with Crippen molar-refractivity contribution in [2.24, 2.45) is 5.92 Å². The number of aromatic hydroxyl groups is 1. The van der Waals surface area contributed by atoms with E-state index in [-0.39, 0.29) is 34.8 Å². The molecule has 6 rings (SSSR count). The normalized spacial score (nSPS) is 13.1. The number of phenols is 1. The quantitative estimate of drug-likeness (QED) is 0.189. The van der Waals surface area contributed by atoms with Crippen LogP contribution in [0, 0.1) is 19.8 Å². The van der Waals surface area contributed by atoms with Crippen molar-refractivity contribution >= 4 is 34.4 Å². The number of carbonyl (C=O) groups is 2. The lowest BCUT2D eigenvalue weighted by Crippen LogP contribution is -2.15. The topological polar surface area (TPSA) is 117 Å². The summed E-state index contributed by atoms with van der Waals surface area (Å²) in [5.74, 6) is -0.802. The molecule has 1 aliphatic rings. The summed E-state index contributed by atoms with van der Waals surface area (Å²) in [5.41, 5.74) is 3.11. The molecule has 2 aromatic heterocycles. The number of carbonyl (C=O) groups excluding carboxylic acids is 2. The summed E-state index contributed by atoms with van der Waals surface area (Å²) in [6, 6.07) is 14.5. The molecule has 0 spiro atoms. The number of pyridine rings is 1. The number of aryl methyl sites for hydroxylation is 2. The Labute approximate surface area is 250 Å². The summed E-state index contributed by atoms with van der Waals surface area (Å²) in [6.07, 6.45) is 0.265. The van der Waals surface area contributed by atoms with Crippen molar-refractivity contribution in [3.05, 3.63) is 95.4 Å². The molecule has 222 valence electrons. The SMILES string of the molecule is Cc1cc(-c2c(O)c(-c3cc(C(=O)Nc4cccc(C(F)(F)F)c4)ccc3C)cc3cnc(NC(=O)C4CC4)nc23)ccn1. The summed E-state index contributed by atoms with van der Waals surface area (Å²) >= 11 is 0. The van der Waals surface area contributed by atoms with Gasteiger partial charge in [0.05, 0.1) is 16.6 Å². The van der Waals surface area contributed by atoms with Crippen molar-refractivity contribution in [1.29, 1.82) is 0 Å². The van der Waals surface area contributed by atoms with Gasteiger partial charge in [-0.15, -0.1) is 0 Å². The van der Waals surface area contributed by atoms with E-state index in [1.807, 2.05) is 13.8 Å². The van der Waals surface area contributed by atoms with Crippen LogP contribution in [0.2, 0.25) is 0 Å². The number of aromatic nitrogens is 3. The van der Waals surface area contributed by atoms with Gasteiger partial charge in [0, 0.05) is 46.2 Å². The van der Waals surface area contributed by atoms with Crippen molar-refractivity contribution in [3.63, 3.8) is 0 Å². The van der Waals surface area contributed by atoms with E-state index >= 15 is 0 Å². The van der Waals surface area contributed by atoms with Gasteiger partial charge >= 0.3 is 6.18 Å². The van der Waals surface area contributed by atoms with Crippen molar-refractivity contribution in [2.75, 3.05) is 10.6 Å². The van der Waals surface area contributed by atoms with Crippen molar-refractivity contribution < 1.29 is 27.9 Å². The van der Waals surface area contributed by atoms with Gasteiger partial charge in [-0.05, 0) is 91.9 Å². The monoisotopic (exact) mass is 597 g/mol. The van der Waals surface area contributed by atoms with Crippen molar-refractivity contribution in [1.82, 2.24) is 15.0 Å². The summed E-state index contributed by atoms with van der Waals surface area (Å²) in [7, 11) is 0. The fourth-order valence-corrected chi connectivity index (χ4v) is 5.00. The zero-order valence-electron chi connectivity index (χ0n) is 23.7. The average Bonchev–Trinajstić information content (AvgIpc) is 3.83. The number of benzene rings is 3. The molecule has 3 N–H and O–H groups in total. The van der Waals surface area contributed by atoms with Crippen LogP contribution in [0.15, 0.2) is 73.1 Å². The molecule has 0 unspecified atom stereocenters. The number of nitrogens with one attached hydrogen (secondary N) is 2. The van der Waals surface area contributed by atoms with E-state index < -0.39 is 17.6 Å². The maximum atomic E-state index is 13.2. The van der Waals surface area contributed by atoms with Gasteiger partial charge in [0.15, 0.2) is 0 Å². The number of halogens is 3. The van der Waals surface area contributed by atoms with Crippen LogP contribution in [0.4, 0.5) is 24.8 Å². The second kappa shape index (κ2) is 11.1. The second-order valence-electron chi connectivity index (χ2n) is 10.8. The Morgan fingerprint density at radius 1 is 0.932 bits per heavy atom. The lowest BCUT2D eigenvalue weighted by Gasteiger charge is -2.17. The van der Waals surface area contributed by atoms with Crippen molar-refractivity contribution in [3.8, 4) is 28.0 Å². The lowest BCUT2D eigenvalue weighted by molar-refractivity contribution is -0.137. The highest BCUT2D eigenvalue weighted by atomic mass is 19.4. The number of hydrogen-bond donors (Lipinski definition) is 3. The minimum absolute atomic E-state index is 0.00225. The molecule has 11 heteroatoms. The summed E-state index contributed by atoms with van der Waals surface area (Å²) in [5, 5.41) is 17.6. The Hall–Kier alpha value is -5.32. The Kier molecular flexibility index (Phi) is 7.24. The highest BCUT2D eigenvalue weighted by Crippen LogP contribution is 2.44. The van der Waals surface area contributed by atoms with E-state index in [0.717, 1.165) is 30.5 Å². The van der Waals surface area contributed by atoms with Gasteiger partial charge < -0.3 is 10.4 Å². The number of fused-ring (bicyclic) bond motifs is 1. The number of alkyl halides is 3. The van der Waals surface area contributed by atoms with E-state index in [4.69, 9.17) is 0 Å². The molecular formula is C33H26F3N5O3. The molecule has 1 saturated carbocycles. The standard InChI is InChI=1S/C33H26F3N5O3/c1-17-6-7-21(31(44)39-24-5-3-4-23(15-24)33(34,35)36)13-25(17)26-14-22-16-38-32(41-30(43)19-8-9-19)40-28(22)27(29(26)42)20-10-11-37-18(2)12-20/h3-7,10-16,19,42H,8-9H2,1-2H3,(H,39,44)(H,38,40,41,43). The van der Waals surface area contributed by atoms with Crippen LogP contribution in [-0.4, -0.2) is 31.9 Å². The van der Waals surface area contributed by atoms with Crippen molar-refractivity contribution in [2.45, 2.75) is 32.9 Å². The molecule has 44 heavy (non-hydrogen) atoms. The van der Waals surface area contributed by atoms with Crippen LogP contribution in [0.25, 0.3) is 33.2 Å². The zero-order valence-corrected chi connectivity index (χ0v) is 23.7. The summed E-state index contributed by atoms with van der Waals surface area (Å²) in [4.78, 5) is 38.7. The fraction of sp³-hybridized carbons (Fsp3) is 0.182. The molecule has 0 atom stereocenters. The van der Waals surface area contributed by atoms with Gasteiger partial charge in [0.1, 0.15) is 5.75 Å². The Balaban J connectivity index is 1.44. The van der Waals surface area contributed by atoms with Crippen LogP contribution < -0.4 is 10.6 Å². The van der Waals surface area contributed by atoms with E-state index in [0.29, 0.717) is 38.9 Å². The molecular weight excluding hydrogens is 571 g/mol. The minimum Gasteiger partial charge on any atom is -0.507 e. The molecule has 1 fully saturated rings. The molecule has 2 amide bonds. The lowest BCUT2D eigenvalue weighted by atomic mass is 9.91.